The number of rotatable bonds is 12. The van der Waals surface area contributed by atoms with Crippen LogP contribution in [0.15, 0.2) is 41.6 Å². The highest BCUT2D eigenvalue weighted by molar-refractivity contribution is 6.42. The fourth-order valence-electron chi connectivity index (χ4n) is 6.66. The van der Waals surface area contributed by atoms with Crippen molar-refractivity contribution in [2.24, 2.45) is 11.1 Å². The zero-order chi connectivity index (χ0) is 34.2. The van der Waals surface area contributed by atoms with E-state index in [2.05, 4.69) is 10.1 Å². The molecule has 12 heteroatoms. The van der Waals surface area contributed by atoms with Gasteiger partial charge >= 0.3 is 0 Å². The van der Waals surface area contributed by atoms with E-state index >= 15 is 0 Å². The van der Waals surface area contributed by atoms with Gasteiger partial charge in [0.15, 0.2) is 0 Å². The minimum absolute atomic E-state index is 0.00282. The number of aryl methyl sites for hydroxylation is 1. The van der Waals surface area contributed by atoms with Crippen molar-refractivity contribution in [1.82, 2.24) is 19.6 Å². The van der Waals surface area contributed by atoms with Crippen LogP contribution in [-0.2, 0) is 14.4 Å². The van der Waals surface area contributed by atoms with Crippen molar-refractivity contribution in [3.63, 3.8) is 0 Å². The van der Waals surface area contributed by atoms with Gasteiger partial charge in [-0.15, -0.1) is 0 Å². The summed E-state index contributed by atoms with van der Waals surface area (Å²) in [6.45, 7) is 5.38. The molecule has 2 unspecified atom stereocenters. The summed E-state index contributed by atoms with van der Waals surface area (Å²) in [6.07, 6.45) is 4.45. The number of carbonyl (C=O) groups is 3. The van der Waals surface area contributed by atoms with Gasteiger partial charge in [0.05, 0.1) is 22.3 Å². The lowest BCUT2D eigenvalue weighted by molar-refractivity contribution is -0.146. The maximum atomic E-state index is 13.4. The highest BCUT2D eigenvalue weighted by Crippen LogP contribution is 2.31. The number of likely N-dealkylation sites (tertiary alicyclic amines) is 2. The number of nitrogens with zero attached hydrogens (tertiary/aromatic N) is 5. The lowest BCUT2D eigenvalue weighted by atomic mass is 9.89. The van der Waals surface area contributed by atoms with Crippen LogP contribution in [0.2, 0.25) is 15.1 Å². The first-order chi connectivity index (χ1) is 22.4. The van der Waals surface area contributed by atoms with Crippen LogP contribution >= 0.6 is 34.8 Å². The largest absolute Gasteiger partial charge is 0.399 e. The van der Waals surface area contributed by atoms with Crippen molar-refractivity contribution >= 4 is 58.2 Å². The Kier molecular flexibility index (Phi) is 13.4. The highest BCUT2D eigenvalue weighted by Gasteiger charge is 2.36. The summed E-state index contributed by atoms with van der Waals surface area (Å²) in [5.74, 6) is -0.470. The Morgan fingerprint density at radius 2 is 1.72 bits per heavy atom. The van der Waals surface area contributed by atoms with E-state index in [0.29, 0.717) is 32.8 Å². The highest BCUT2D eigenvalue weighted by atomic mass is 35.5. The normalized spacial score (nSPS) is 18.6. The van der Waals surface area contributed by atoms with Crippen molar-refractivity contribution in [2.75, 3.05) is 61.0 Å². The fourth-order valence-corrected chi connectivity index (χ4v) is 7.25. The van der Waals surface area contributed by atoms with E-state index in [-0.39, 0.29) is 48.6 Å². The first kappa shape index (κ1) is 37.0. The molecular formula is C35H46Cl3N5O4. The summed E-state index contributed by atoms with van der Waals surface area (Å²) in [5, 5.41) is 5.84. The summed E-state index contributed by atoms with van der Waals surface area (Å²) in [6, 6.07) is 11.1. The number of hydrogen-bond donors (Lipinski definition) is 0. The molecule has 0 bridgehead atoms. The summed E-state index contributed by atoms with van der Waals surface area (Å²) >= 11 is 19.0. The summed E-state index contributed by atoms with van der Waals surface area (Å²) in [5.41, 5.74) is 3.03. The van der Waals surface area contributed by atoms with E-state index < -0.39 is 0 Å². The number of benzene rings is 2. The molecule has 0 radical (unpaired) electrons. The second kappa shape index (κ2) is 17.0. The molecule has 2 fully saturated rings. The molecule has 3 amide bonds. The Morgan fingerprint density at radius 3 is 2.36 bits per heavy atom. The molecular weight excluding hydrogens is 661 g/mol. The SMILES string of the molecule is CON=C(CN(C)C(=O)c1cc(C)cc(Cl)c1)C(CCN1CCC(N2CCCC(CC(=O)N(C)C)C2=O)CC1)c1ccc(Cl)c(Cl)c1. The number of halogens is 3. The van der Waals surface area contributed by atoms with Crippen molar-refractivity contribution in [3.8, 4) is 0 Å². The van der Waals surface area contributed by atoms with Gasteiger partial charge in [-0.3, -0.25) is 14.4 Å². The first-order valence-corrected chi connectivity index (χ1v) is 17.3. The monoisotopic (exact) mass is 705 g/mol. The van der Waals surface area contributed by atoms with Crippen LogP contribution in [0.25, 0.3) is 0 Å². The molecule has 47 heavy (non-hydrogen) atoms. The average Bonchev–Trinajstić information content (AvgIpc) is 3.03. The molecule has 0 aromatic heterocycles. The van der Waals surface area contributed by atoms with E-state index in [1.807, 2.05) is 36.1 Å². The third kappa shape index (κ3) is 9.84. The van der Waals surface area contributed by atoms with Gasteiger partial charge in [-0.2, -0.15) is 0 Å². The molecule has 0 spiro atoms. The quantitative estimate of drug-likeness (QED) is 0.189. The molecule has 2 saturated heterocycles. The van der Waals surface area contributed by atoms with Crippen LogP contribution < -0.4 is 0 Å². The lowest BCUT2D eigenvalue weighted by Gasteiger charge is -2.42. The molecule has 256 valence electrons. The predicted molar refractivity (Wildman–Crippen MR) is 189 cm³/mol. The molecule has 2 aromatic carbocycles. The second-order valence-electron chi connectivity index (χ2n) is 12.9. The number of amides is 3. The molecule has 2 atom stereocenters. The standard InChI is InChI=1S/C35H46Cl3N5O4/c1-23-17-26(19-27(36)18-23)34(45)41(4)22-32(39-47-5)29(24-8-9-30(37)31(38)20-24)12-16-42-14-10-28(11-15-42)43-13-6-7-25(35(43)46)21-33(44)40(2)3/h8-9,17-20,25,28-29H,6-7,10-16,21-22H2,1-5H3. The number of carbonyl (C=O) groups excluding carboxylic acids is 3. The minimum atomic E-state index is -0.227. The van der Waals surface area contributed by atoms with E-state index in [1.54, 1.807) is 43.1 Å². The number of piperidine rings is 2. The average molecular weight is 707 g/mol. The molecule has 4 rings (SSSR count). The van der Waals surface area contributed by atoms with Crippen LogP contribution in [0, 0.1) is 12.8 Å². The number of hydrogen-bond acceptors (Lipinski definition) is 6. The third-order valence-electron chi connectivity index (χ3n) is 9.23. The van der Waals surface area contributed by atoms with E-state index in [4.69, 9.17) is 39.6 Å². The molecule has 2 aromatic rings. The Bertz CT molecular complexity index is 1440. The lowest BCUT2D eigenvalue weighted by Crippen LogP contribution is -2.52. The first-order valence-electron chi connectivity index (χ1n) is 16.2. The van der Waals surface area contributed by atoms with E-state index in [1.165, 1.54) is 7.11 Å². The van der Waals surface area contributed by atoms with E-state index in [0.717, 1.165) is 63.0 Å². The topological polar surface area (TPSA) is 85.8 Å². The molecule has 2 aliphatic heterocycles. The molecule has 0 saturated carbocycles. The smallest absolute Gasteiger partial charge is 0.253 e. The fraction of sp³-hybridized carbons (Fsp3) is 0.543. The van der Waals surface area contributed by atoms with Gasteiger partial charge in [0, 0.05) is 75.7 Å². The van der Waals surface area contributed by atoms with Gasteiger partial charge in [-0.1, -0.05) is 46.0 Å². The van der Waals surface area contributed by atoms with Crippen LogP contribution in [0.4, 0.5) is 0 Å². The van der Waals surface area contributed by atoms with Crippen molar-refractivity contribution in [3.05, 3.63) is 68.2 Å². The van der Waals surface area contributed by atoms with Gasteiger partial charge < -0.3 is 24.4 Å². The van der Waals surface area contributed by atoms with Crippen LogP contribution in [0.3, 0.4) is 0 Å². The van der Waals surface area contributed by atoms with Crippen LogP contribution in [0.5, 0.6) is 0 Å². The molecule has 2 aliphatic rings. The van der Waals surface area contributed by atoms with Crippen molar-refractivity contribution < 1.29 is 19.2 Å². The number of oxime groups is 1. The minimum Gasteiger partial charge on any atom is -0.399 e. The van der Waals surface area contributed by atoms with Crippen LogP contribution in [0.1, 0.15) is 65.9 Å². The second-order valence-corrected chi connectivity index (χ2v) is 14.1. The Labute approximate surface area is 293 Å². The molecule has 9 nitrogen and oxygen atoms in total. The maximum absolute atomic E-state index is 13.4. The third-order valence-corrected chi connectivity index (χ3v) is 10.2. The zero-order valence-corrected chi connectivity index (χ0v) is 30.2. The van der Waals surface area contributed by atoms with Crippen LogP contribution in [-0.4, -0.2) is 110 Å². The van der Waals surface area contributed by atoms with Gasteiger partial charge in [-0.05, 0) is 87.0 Å². The summed E-state index contributed by atoms with van der Waals surface area (Å²) in [7, 11) is 6.71. The van der Waals surface area contributed by atoms with Crippen molar-refractivity contribution in [2.45, 2.75) is 57.4 Å². The van der Waals surface area contributed by atoms with Crippen molar-refractivity contribution in [1.29, 1.82) is 0 Å². The zero-order valence-electron chi connectivity index (χ0n) is 28.0. The molecule has 0 aliphatic carbocycles. The summed E-state index contributed by atoms with van der Waals surface area (Å²) in [4.78, 5) is 52.0. The van der Waals surface area contributed by atoms with Gasteiger partial charge in [-0.25, -0.2) is 0 Å². The van der Waals surface area contributed by atoms with Gasteiger partial charge in [0.25, 0.3) is 5.91 Å². The Morgan fingerprint density at radius 1 is 1.00 bits per heavy atom. The maximum Gasteiger partial charge on any atom is 0.253 e. The molecule has 2 heterocycles. The van der Waals surface area contributed by atoms with Gasteiger partial charge in [0.1, 0.15) is 7.11 Å². The van der Waals surface area contributed by atoms with Gasteiger partial charge in [0.2, 0.25) is 11.8 Å². The summed E-state index contributed by atoms with van der Waals surface area (Å²) < 4.78 is 0. The Balaban J connectivity index is 1.44. The van der Waals surface area contributed by atoms with E-state index in [9.17, 15) is 14.4 Å². The Hall–Kier alpha value is -2.85. The predicted octanol–water partition coefficient (Wildman–Crippen LogP) is 6.38. The molecule has 0 N–H and O–H groups in total.